The Kier molecular flexibility index (Phi) is 9.85. The molecule has 0 bridgehead atoms. The fourth-order valence-electron chi connectivity index (χ4n) is 2.59. The number of hydrogen-bond acceptors (Lipinski definition) is 11. The lowest BCUT2D eigenvalue weighted by Gasteiger charge is -2.31. The van der Waals surface area contributed by atoms with E-state index < -0.39 is 87.1 Å². The second-order valence-electron chi connectivity index (χ2n) is 11.6. The summed E-state index contributed by atoms with van der Waals surface area (Å²) in [6.07, 6.45) is -9.91. The molecule has 0 aromatic rings. The topological polar surface area (TPSA) is 152 Å². The molecule has 1 aliphatic heterocycles. The zero-order valence-electron chi connectivity index (χ0n) is 22.2. The third kappa shape index (κ3) is 8.79. The smallest absolute Gasteiger partial charge is 0.462 e. The van der Waals surface area contributed by atoms with Gasteiger partial charge in [0, 0.05) is 0 Å². The van der Waals surface area contributed by atoms with Crippen LogP contribution in [0.4, 0.5) is 13.2 Å². The standard InChI is InChI=1S/C22H35F3O11S/c1-19(2,3)16(27)32-10-11(36-37(30,31)22(23,24)25)12-13(34-17(28)20(4,5)6)14(15(26)33-12)35-18(29)21(7,8)9/h11-15,26H,10H2,1-9H3. The molecular formula is C22H35F3O11S. The van der Waals surface area contributed by atoms with Gasteiger partial charge in [-0.2, -0.15) is 21.6 Å². The van der Waals surface area contributed by atoms with Crippen LogP contribution in [0, 0.1) is 16.2 Å². The van der Waals surface area contributed by atoms with Gasteiger partial charge in [-0.15, -0.1) is 0 Å². The average Bonchev–Trinajstić information content (AvgIpc) is 2.97. The average molecular weight is 565 g/mol. The third-order valence-corrected chi connectivity index (χ3v) is 5.89. The van der Waals surface area contributed by atoms with Gasteiger partial charge in [-0.05, 0) is 62.3 Å². The highest BCUT2D eigenvalue weighted by Crippen LogP contribution is 2.35. The molecule has 1 aliphatic rings. The van der Waals surface area contributed by atoms with E-state index in [1.54, 1.807) is 0 Å². The van der Waals surface area contributed by atoms with Crippen molar-refractivity contribution < 1.29 is 64.2 Å². The second kappa shape index (κ2) is 11.0. The number of esters is 3. The van der Waals surface area contributed by atoms with Crippen LogP contribution in [0.25, 0.3) is 0 Å². The molecule has 5 unspecified atom stereocenters. The van der Waals surface area contributed by atoms with Crippen molar-refractivity contribution >= 4 is 28.0 Å². The first-order chi connectivity index (χ1) is 16.3. The van der Waals surface area contributed by atoms with E-state index in [1.165, 1.54) is 62.3 Å². The first kappa shape index (κ1) is 33.1. The summed E-state index contributed by atoms with van der Waals surface area (Å²) in [6, 6.07) is 0. The van der Waals surface area contributed by atoms with Crippen LogP contribution in [0.3, 0.4) is 0 Å². The maximum atomic E-state index is 13.1. The number of carbonyl (C=O) groups excluding carboxylic acids is 3. The van der Waals surface area contributed by atoms with Crippen molar-refractivity contribution in [3.63, 3.8) is 0 Å². The normalized spacial score (nSPS) is 24.4. The first-order valence-corrected chi connectivity index (χ1v) is 12.6. The van der Waals surface area contributed by atoms with Crippen LogP contribution in [0.15, 0.2) is 0 Å². The molecule has 0 aromatic heterocycles. The van der Waals surface area contributed by atoms with E-state index in [-0.39, 0.29) is 0 Å². The molecule has 0 spiro atoms. The molecular weight excluding hydrogens is 529 g/mol. The number of alkyl halides is 3. The Balaban J connectivity index is 3.52. The SMILES string of the molecule is CC(C)(C)C(=O)OCC(OS(=O)(=O)C(F)(F)F)C1OC(O)C(OC(=O)C(C)(C)C)C1OC(=O)C(C)(C)C. The van der Waals surface area contributed by atoms with Gasteiger partial charge in [0.2, 0.25) is 0 Å². The lowest BCUT2D eigenvalue weighted by molar-refractivity contribution is -0.185. The number of ether oxygens (including phenoxy) is 4. The van der Waals surface area contributed by atoms with Gasteiger partial charge < -0.3 is 24.1 Å². The van der Waals surface area contributed by atoms with E-state index >= 15 is 0 Å². The van der Waals surface area contributed by atoms with E-state index in [4.69, 9.17) is 18.9 Å². The highest BCUT2D eigenvalue weighted by Gasteiger charge is 2.57. The Morgan fingerprint density at radius 2 is 1.22 bits per heavy atom. The van der Waals surface area contributed by atoms with Crippen LogP contribution in [0.1, 0.15) is 62.3 Å². The van der Waals surface area contributed by atoms with Gasteiger partial charge in [0.05, 0.1) is 16.2 Å². The molecule has 1 fully saturated rings. The third-order valence-electron chi connectivity index (χ3n) is 4.83. The molecule has 1 rings (SSSR count). The largest absolute Gasteiger partial charge is 0.523 e. The minimum Gasteiger partial charge on any atom is -0.462 e. The van der Waals surface area contributed by atoms with Crippen LogP contribution in [0.2, 0.25) is 0 Å². The molecule has 1 saturated heterocycles. The fourth-order valence-corrected chi connectivity index (χ4v) is 3.19. The van der Waals surface area contributed by atoms with Crippen LogP contribution < -0.4 is 0 Å². The highest BCUT2D eigenvalue weighted by atomic mass is 32.2. The zero-order chi connectivity index (χ0) is 29.4. The van der Waals surface area contributed by atoms with Gasteiger partial charge in [-0.3, -0.25) is 18.6 Å². The number of halogens is 3. The predicted molar refractivity (Wildman–Crippen MR) is 120 cm³/mol. The van der Waals surface area contributed by atoms with E-state index in [0.29, 0.717) is 0 Å². The number of carbonyl (C=O) groups is 3. The Hall–Kier alpha value is -1.97. The summed E-state index contributed by atoms with van der Waals surface area (Å²) in [7, 11) is -6.28. The summed E-state index contributed by atoms with van der Waals surface area (Å²) in [4.78, 5) is 37.4. The van der Waals surface area contributed by atoms with Crippen molar-refractivity contribution in [2.75, 3.05) is 6.61 Å². The van der Waals surface area contributed by atoms with Gasteiger partial charge in [0.25, 0.3) is 0 Å². The maximum absolute atomic E-state index is 13.1. The zero-order valence-corrected chi connectivity index (χ0v) is 23.0. The minimum atomic E-state index is -6.28. The van der Waals surface area contributed by atoms with E-state index in [1.807, 2.05) is 0 Å². The summed E-state index contributed by atoms with van der Waals surface area (Å²) < 4.78 is 88.1. The number of aliphatic hydroxyl groups is 1. The Labute approximate surface area is 214 Å². The van der Waals surface area contributed by atoms with E-state index in [9.17, 15) is 41.1 Å². The number of aliphatic hydroxyl groups excluding tert-OH is 1. The van der Waals surface area contributed by atoms with Crippen molar-refractivity contribution in [3.05, 3.63) is 0 Å². The molecule has 0 saturated carbocycles. The first-order valence-electron chi connectivity index (χ1n) is 11.2. The fraction of sp³-hybridized carbons (Fsp3) is 0.864. The highest BCUT2D eigenvalue weighted by molar-refractivity contribution is 7.87. The van der Waals surface area contributed by atoms with E-state index in [0.717, 1.165) is 0 Å². The van der Waals surface area contributed by atoms with Crippen LogP contribution in [0.5, 0.6) is 0 Å². The van der Waals surface area contributed by atoms with Crippen molar-refractivity contribution in [2.24, 2.45) is 16.2 Å². The van der Waals surface area contributed by atoms with Crippen molar-refractivity contribution in [2.45, 2.75) is 98.5 Å². The molecule has 0 aromatic carbocycles. The van der Waals surface area contributed by atoms with E-state index in [2.05, 4.69) is 4.18 Å². The van der Waals surface area contributed by atoms with Crippen molar-refractivity contribution in [1.82, 2.24) is 0 Å². The van der Waals surface area contributed by atoms with Crippen LogP contribution in [-0.4, -0.2) is 74.3 Å². The van der Waals surface area contributed by atoms with Gasteiger partial charge in [0.1, 0.15) is 18.8 Å². The molecule has 37 heavy (non-hydrogen) atoms. The molecule has 5 atom stereocenters. The predicted octanol–water partition coefficient (Wildman–Crippen LogP) is 2.44. The molecule has 1 heterocycles. The van der Waals surface area contributed by atoms with Gasteiger partial charge >= 0.3 is 33.5 Å². The van der Waals surface area contributed by atoms with Crippen molar-refractivity contribution in [1.29, 1.82) is 0 Å². The van der Waals surface area contributed by atoms with Gasteiger partial charge in [-0.1, -0.05) is 0 Å². The molecule has 0 amide bonds. The molecule has 0 aliphatic carbocycles. The summed E-state index contributed by atoms with van der Waals surface area (Å²) in [5.41, 5.74) is -9.30. The van der Waals surface area contributed by atoms with Gasteiger partial charge in [-0.25, -0.2) is 0 Å². The summed E-state index contributed by atoms with van der Waals surface area (Å²) in [6.45, 7) is 11.9. The molecule has 11 nitrogen and oxygen atoms in total. The molecule has 1 N–H and O–H groups in total. The molecule has 15 heteroatoms. The summed E-state index contributed by atoms with van der Waals surface area (Å²) in [5.74, 6) is -2.76. The number of hydrogen-bond donors (Lipinski definition) is 1. The molecule has 216 valence electrons. The van der Waals surface area contributed by atoms with Crippen LogP contribution >= 0.6 is 0 Å². The minimum absolute atomic E-state index is 0.892. The Morgan fingerprint density at radius 1 is 0.811 bits per heavy atom. The van der Waals surface area contributed by atoms with Crippen LogP contribution in [-0.2, 0) is 47.6 Å². The molecule has 0 radical (unpaired) electrons. The van der Waals surface area contributed by atoms with Crippen molar-refractivity contribution in [3.8, 4) is 0 Å². The Bertz CT molecular complexity index is 956. The lowest BCUT2D eigenvalue weighted by atomic mass is 9.96. The summed E-state index contributed by atoms with van der Waals surface area (Å²) >= 11 is 0. The van der Waals surface area contributed by atoms with Gasteiger partial charge in [0.15, 0.2) is 18.5 Å². The summed E-state index contributed by atoms with van der Waals surface area (Å²) in [5, 5.41) is 10.4. The Morgan fingerprint density at radius 3 is 1.59 bits per heavy atom. The number of rotatable bonds is 7. The quantitative estimate of drug-likeness (QED) is 0.210. The lowest BCUT2D eigenvalue weighted by Crippen LogP contribution is -2.50. The monoisotopic (exact) mass is 564 g/mol. The second-order valence-corrected chi connectivity index (χ2v) is 13.2. The maximum Gasteiger partial charge on any atom is 0.523 e.